The van der Waals surface area contributed by atoms with Gasteiger partial charge in [0.2, 0.25) is 0 Å². The fraction of sp³-hybridized carbons (Fsp3) is 0.429. The molecule has 0 amide bonds. The molecule has 1 aromatic carbocycles. The Hall–Kier alpha value is -2.08. The first-order valence-electron chi connectivity index (χ1n) is 6.45. The average molecular weight is 281 g/mol. The number of hydrogen-bond donors (Lipinski definition) is 3. The van der Waals surface area contributed by atoms with Crippen LogP contribution in [0.1, 0.15) is 31.4 Å². The lowest BCUT2D eigenvalue weighted by atomic mass is 10.1. The van der Waals surface area contributed by atoms with Crippen LogP contribution in [0.15, 0.2) is 24.3 Å². The second-order valence-electron chi connectivity index (χ2n) is 4.22. The van der Waals surface area contributed by atoms with Crippen LogP contribution in [0.5, 0.6) is 5.75 Å². The molecule has 1 atom stereocenters. The normalized spacial score (nSPS) is 11.8. The van der Waals surface area contributed by atoms with Crippen molar-refractivity contribution in [3.8, 4) is 5.75 Å². The first-order valence-corrected chi connectivity index (χ1v) is 6.45. The number of rotatable bonds is 9. The monoisotopic (exact) mass is 281 g/mol. The molecule has 0 saturated carbocycles. The van der Waals surface area contributed by atoms with Crippen molar-refractivity contribution < 1.29 is 24.5 Å². The largest absolute Gasteiger partial charge is 0.494 e. The van der Waals surface area contributed by atoms with E-state index in [2.05, 4.69) is 5.32 Å². The second-order valence-corrected chi connectivity index (χ2v) is 4.22. The molecule has 1 aromatic rings. The summed E-state index contributed by atoms with van der Waals surface area (Å²) in [6.45, 7) is 2.75. The van der Waals surface area contributed by atoms with Crippen LogP contribution in [0.2, 0.25) is 0 Å². The van der Waals surface area contributed by atoms with Crippen molar-refractivity contribution in [3.63, 3.8) is 0 Å². The maximum absolute atomic E-state index is 11.2. The first kappa shape index (κ1) is 16.0. The number of aliphatic carboxylic acids is 2. The Morgan fingerprint density at radius 1 is 1.25 bits per heavy atom. The maximum atomic E-state index is 11.2. The zero-order valence-corrected chi connectivity index (χ0v) is 11.3. The third-order valence-electron chi connectivity index (χ3n) is 2.69. The third kappa shape index (κ3) is 5.27. The van der Waals surface area contributed by atoms with E-state index >= 15 is 0 Å². The van der Waals surface area contributed by atoms with E-state index in [0.29, 0.717) is 30.9 Å². The molecule has 0 fully saturated rings. The SMILES string of the molecule is CCOc1ccc(C(NCCCC(=O)O)C(=O)O)cc1. The van der Waals surface area contributed by atoms with Crippen LogP contribution in [0, 0.1) is 0 Å². The molecule has 0 spiro atoms. The molecule has 0 aliphatic heterocycles. The van der Waals surface area contributed by atoms with Crippen LogP contribution in [0.4, 0.5) is 0 Å². The molecule has 0 aliphatic rings. The Morgan fingerprint density at radius 3 is 2.40 bits per heavy atom. The Morgan fingerprint density at radius 2 is 1.90 bits per heavy atom. The highest BCUT2D eigenvalue weighted by Crippen LogP contribution is 2.18. The summed E-state index contributed by atoms with van der Waals surface area (Å²) in [5.41, 5.74) is 0.608. The van der Waals surface area contributed by atoms with Crippen molar-refractivity contribution in [1.82, 2.24) is 5.32 Å². The Kier molecular flexibility index (Phi) is 6.52. The third-order valence-corrected chi connectivity index (χ3v) is 2.69. The van der Waals surface area contributed by atoms with Crippen LogP contribution in [-0.2, 0) is 9.59 Å². The van der Waals surface area contributed by atoms with E-state index in [-0.39, 0.29) is 6.42 Å². The molecule has 0 heterocycles. The number of carboxylic acids is 2. The van der Waals surface area contributed by atoms with Crippen molar-refractivity contribution in [2.45, 2.75) is 25.8 Å². The summed E-state index contributed by atoms with van der Waals surface area (Å²) >= 11 is 0. The fourth-order valence-electron chi connectivity index (χ4n) is 1.76. The smallest absolute Gasteiger partial charge is 0.325 e. The summed E-state index contributed by atoms with van der Waals surface area (Å²) in [6, 6.07) is 5.96. The van der Waals surface area contributed by atoms with Gasteiger partial charge in [-0.1, -0.05) is 12.1 Å². The standard InChI is InChI=1S/C14H19NO5/c1-2-20-11-7-5-10(6-8-11)13(14(18)19)15-9-3-4-12(16)17/h5-8,13,15H,2-4,9H2,1H3,(H,16,17)(H,18,19). The summed E-state index contributed by atoms with van der Waals surface area (Å²) in [4.78, 5) is 21.6. The molecule has 6 nitrogen and oxygen atoms in total. The van der Waals surface area contributed by atoms with Crippen molar-refractivity contribution in [1.29, 1.82) is 0 Å². The topological polar surface area (TPSA) is 95.9 Å². The predicted molar refractivity (Wildman–Crippen MR) is 72.9 cm³/mol. The van der Waals surface area contributed by atoms with E-state index < -0.39 is 18.0 Å². The van der Waals surface area contributed by atoms with E-state index in [1.807, 2.05) is 6.92 Å². The van der Waals surface area contributed by atoms with Crippen LogP contribution >= 0.6 is 0 Å². The van der Waals surface area contributed by atoms with Gasteiger partial charge in [0.1, 0.15) is 11.8 Å². The Balaban J connectivity index is 2.61. The summed E-state index contributed by atoms with van der Waals surface area (Å²) in [7, 11) is 0. The predicted octanol–water partition coefficient (Wildman–Crippen LogP) is 1.67. The molecular formula is C14H19NO5. The maximum Gasteiger partial charge on any atom is 0.325 e. The highest BCUT2D eigenvalue weighted by atomic mass is 16.5. The minimum atomic E-state index is -0.996. The van der Waals surface area contributed by atoms with Crippen molar-refractivity contribution in [3.05, 3.63) is 29.8 Å². The number of nitrogens with one attached hydrogen (secondary N) is 1. The van der Waals surface area contributed by atoms with Gasteiger partial charge in [-0.15, -0.1) is 0 Å². The van der Waals surface area contributed by atoms with E-state index in [9.17, 15) is 14.7 Å². The minimum Gasteiger partial charge on any atom is -0.494 e. The first-order chi connectivity index (χ1) is 9.54. The van der Waals surface area contributed by atoms with Gasteiger partial charge in [0.15, 0.2) is 0 Å². The molecule has 0 aromatic heterocycles. The molecule has 0 aliphatic carbocycles. The van der Waals surface area contributed by atoms with Gasteiger partial charge in [-0.2, -0.15) is 0 Å². The number of hydrogen-bond acceptors (Lipinski definition) is 4. The molecule has 3 N–H and O–H groups in total. The highest BCUT2D eigenvalue weighted by molar-refractivity contribution is 5.75. The number of benzene rings is 1. The Labute approximate surface area is 117 Å². The van der Waals surface area contributed by atoms with Gasteiger partial charge in [-0.05, 0) is 37.6 Å². The zero-order valence-electron chi connectivity index (χ0n) is 11.3. The number of carboxylic acid groups (broad SMARTS) is 2. The lowest BCUT2D eigenvalue weighted by molar-refractivity contribution is -0.139. The second kappa shape index (κ2) is 8.16. The van der Waals surface area contributed by atoms with E-state index in [4.69, 9.17) is 9.84 Å². The van der Waals surface area contributed by atoms with Gasteiger partial charge in [-0.3, -0.25) is 9.59 Å². The molecule has 0 bridgehead atoms. The molecular weight excluding hydrogens is 262 g/mol. The van der Waals surface area contributed by atoms with Crippen molar-refractivity contribution >= 4 is 11.9 Å². The summed E-state index contributed by atoms with van der Waals surface area (Å²) in [6.07, 6.45) is 0.402. The van der Waals surface area contributed by atoms with E-state index in [1.54, 1.807) is 24.3 Å². The zero-order chi connectivity index (χ0) is 15.0. The lowest BCUT2D eigenvalue weighted by Crippen LogP contribution is -2.29. The van der Waals surface area contributed by atoms with Crippen molar-refractivity contribution in [2.75, 3.05) is 13.2 Å². The van der Waals surface area contributed by atoms with Gasteiger partial charge in [0.25, 0.3) is 0 Å². The van der Waals surface area contributed by atoms with Gasteiger partial charge in [-0.25, -0.2) is 0 Å². The van der Waals surface area contributed by atoms with Crippen LogP contribution in [0.3, 0.4) is 0 Å². The van der Waals surface area contributed by atoms with Crippen LogP contribution < -0.4 is 10.1 Å². The molecule has 0 radical (unpaired) electrons. The molecule has 1 unspecified atom stereocenters. The molecule has 20 heavy (non-hydrogen) atoms. The molecule has 6 heteroatoms. The van der Waals surface area contributed by atoms with Crippen LogP contribution in [-0.4, -0.2) is 35.3 Å². The van der Waals surface area contributed by atoms with Gasteiger partial charge >= 0.3 is 11.9 Å². The number of carbonyl (C=O) groups is 2. The lowest BCUT2D eigenvalue weighted by Gasteiger charge is -2.15. The van der Waals surface area contributed by atoms with E-state index in [0.717, 1.165) is 0 Å². The highest BCUT2D eigenvalue weighted by Gasteiger charge is 2.18. The van der Waals surface area contributed by atoms with Gasteiger partial charge in [0.05, 0.1) is 6.61 Å². The Bertz CT molecular complexity index is 443. The number of ether oxygens (including phenoxy) is 1. The van der Waals surface area contributed by atoms with Crippen molar-refractivity contribution in [2.24, 2.45) is 0 Å². The summed E-state index contributed by atoms with van der Waals surface area (Å²) in [5.74, 6) is -1.20. The van der Waals surface area contributed by atoms with E-state index in [1.165, 1.54) is 0 Å². The average Bonchev–Trinajstić information content (AvgIpc) is 2.39. The molecule has 1 rings (SSSR count). The summed E-state index contributed by atoms with van der Waals surface area (Å²) in [5, 5.41) is 20.6. The van der Waals surface area contributed by atoms with Crippen LogP contribution in [0.25, 0.3) is 0 Å². The summed E-state index contributed by atoms with van der Waals surface area (Å²) < 4.78 is 5.29. The minimum absolute atomic E-state index is 0.0165. The quantitative estimate of drug-likeness (QED) is 0.596. The molecule has 0 saturated heterocycles. The van der Waals surface area contributed by atoms with Gasteiger partial charge in [0, 0.05) is 6.42 Å². The molecule has 110 valence electrons. The van der Waals surface area contributed by atoms with Gasteiger partial charge < -0.3 is 20.3 Å². The fourth-order valence-corrected chi connectivity index (χ4v) is 1.76.